The second-order valence-electron chi connectivity index (χ2n) is 4.28. The van der Waals surface area contributed by atoms with Gasteiger partial charge in [0.25, 0.3) is 5.91 Å². The van der Waals surface area contributed by atoms with Gasteiger partial charge in [0.15, 0.2) is 0 Å². The molecule has 3 nitrogen and oxygen atoms in total. The van der Waals surface area contributed by atoms with Gasteiger partial charge in [-0.3, -0.25) is 15.2 Å². The van der Waals surface area contributed by atoms with Crippen LogP contribution in [0.1, 0.15) is 26.3 Å². The number of aryl methyl sites for hydroxylation is 1. The molecular weight excluding hydrogens is 212 g/mol. The number of benzene rings is 1. The van der Waals surface area contributed by atoms with Crippen LogP contribution in [0.2, 0.25) is 0 Å². The van der Waals surface area contributed by atoms with E-state index in [0.717, 1.165) is 17.8 Å². The van der Waals surface area contributed by atoms with Gasteiger partial charge in [0.1, 0.15) is 0 Å². The van der Waals surface area contributed by atoms with Gasteiger partial charge in [0.2, 0.25) is 0 Å². The number of carbonyl (C=O) groups is 1. The summed E-state index contributed by atoms with van der Waals surface area (Å²) in [5.74, 6) is -0.0903. The first-order chi connectivity index (χ1) is 8.02. The Morgan fingerprint density at radius 3 is 2.35 bits per heavy atom. The highest BCUT2D eigenvalue weighted by Gasteiger charge is 2.06. The number of nitrogens with zero attached hydrogens (tertiary/aromatic N) is 1. The molecule has 1 N–H and O–H groups in total. The molecule has 0 saturated carbocycles. The van der Waals surface area contributed by atoms with Crippen LogP contribution < -0.4 is 10.4 Å². The fourth-order valence-electron chi connectivity index (χ4n) is 1.48. The molecular formula is C14H20N2O. The Morgan fingerprint density at radius 2 is 1.88 bits per heavy atom. The van der Waals surface area contributed by atoms with Gasteiger partial charge in [0, 0.05) is 12.6 Å². The smallest absolute Gasteiger partial charge is 0.262 e. The van der Waals surface area contributed by atoms with Gasteiger partial charge in [-0.15, -0.1) is 0 Å². The maximum absolute atomic E-state index is 11.6. The zero-order valence-corrected chi connectivity index (χ0v) is 10.9. The minimum absolute atomic E-state index is 0.0903. The summed E-state index contributed by atoms with van der Waals surface area (Å²) in [6, 6.07) is 8.07. The summed E-state index contributed by atoms with van der Waals surface area (Å²) < 4.78 is 0. The number of anilines is 1. The third kappa shape index (κ3) is 4.31. The van der Waals surface area contributed by atoms with E-state index < -0.39 is 0 Å². The van der Waals surface area contributed by atoms with Crippen LogP contribution in [0.15, 0.2) is 35.9 Å². The lowest BCUT2D eigenvalue weighted by Gasteiger charge is -2.23. The Kier molecular flexibility index (Phi) is 4.76. The van der Waals surface area contributed by atoms with Crippen LogP contribution in [0.3, 0.4) is 0 Å². The quantitative estimate of drug-likeness (QED) is 0.639. The third-order valence-electron chi connectivity index (χ3n) is 2.33. The second-order valence-corrected chi connectivity index (χ2v) is 4.28. The predicted molar refractivity (Wildman–Crippen MR) is 71.8 cm³/mol. The average Bonchev–Trinajstić information content (AvgIpc) is 2.26. The van der Waals surface area contributed by atoms with Crippen molar-refractivity contribution in [2.24, 2.45) is 0 Å². The van der Waals surface area contributed by atoms with E-state index in [1.807, 2.05) is 57.0 Å². The zero-order chi connectivity index (χ0) is 12.8. The first-order valence-electron chi connectivity index (χ1n) is 5.82. The van der Waals surface area contributed by atoms with Crippen LogP contribution in [0.25, 0.3) is 0 Å². The standard InChI is InChI=1S/C14H20N2O/c1-5-16(15-14(17)10-11(2)3)13-8-6-12(4)7-9-13/h6-10H,5H2,1-4H3,(H,15,17). The fraction of sp³-hybridized carbons (Fsp3) is 0.357. The summed E-state index contributed by atoms with van der Waals surface area (Å²) in [7, 11) is 0. The maximum Gasteiger partial charge on any atom is 0.262 e. The topological polar surface area (TPSA) is 32.3 Å². The lowest BCUT2D eigenvalue weighted by atomic mass is 10.2. The molecule has 0 bridgehead atoms. The van der Waals surface area contributed by atoms with Crippen molar-refractivity contribution in [1.29, 1.82) is 0 Å². The van der Waals surface area contributed by atoms with Crippen molar-refractivity contribution in [3.05, 3.63) is 41.5 Å². The van der Waals surface area contributed by atoms with Crippen molar-refractivity contribution in [2.45, 2.75) is 27.7 Å². The minimum Gasteiger partial charge on any atom is -0.286 e. The maximum atomic E-state index is 11.6. The van der Waals surface area contributed by atoms with Crippen LogP contribution in [0.5, 0.6) is 0 Å². The van der Waals surface area contributed by atoms with E-state index in [0.29, 0.717) is 0 Å². The predicted octanol–water partition coefficient (Wildman–Crippen LogP) is 2.82. The Hall–Kier alpha value is -1.77. The third-order valence-corrected chi connectivity index (χ3v) is 2.33. The molecule has 0 spiro atoms. The summed E-state index contributed by atoms with van der Waals surface area (Å²) in [5.41, 5.74) is 6.04. The highest BCUT2D eigenvalue weighted by Crippen LogP contribution is 2.12. The zero-order valence-electron chi connectivity index (χ0n) is 10.9. The van der Waals surface area contributed by atoms with E-state index in [9.17, 15) is 4.79 Å². The Bertz CT molecular complexity index is 403. The molecule has 1 aromatic rings. The highest BCUT2D eigenvalue weighted by atomic mass is 16.2. The van der Waals surface area contributed by atoms with E-state index in [-0.39, 0.29) is 5.91 Å². The molecule has 0 atom stereocenters. The van der Waals surface area contributed by atoms with Crippen molar-refractivity contribution in [1.82, 2.24) is 5.43 Å². The van der Waals surface area contributed by atoms with Gasteiger partial charge in [0.05, 0.1) is 5.69 Å². The Morgan fingerprint density at radius 1 is 1.29 bits per heavy atom. The average molecular weight is 232 g/mol. The summed E-state index contributed by atoms with van der Waals surface area (Å²) in [4.78, 5) is 11.6. The van der Waals surface area contributed by atoms with Crippen LogP contribution in [0, 0.1) is 6.92 Å². The van der Waals surface area contributed by atoms with Crippen molar-refractivity contribution < 1.29 is 4.79 Å². The normalized spacial score (nSPS) is 9.65. The van der Waals surface area contributed by atoms with Gasteiger partial charge in [-0.1, -0.05) is 23.3 Å². The molecule has 0 aliphatic carbocycles. The molecule has 0 heterocycles. The lowest BCUT2D eigenvalue weighted by molar-refractivity contribution is -0.116. The molecule has 3 heteroatoms. The second kappa shape index (κ2) is 6.09. The number of hydrogen-bond donors (Lipinski definition) is 1. The molecule has 0 aliphatic rings. The first kappa shape index (κ1) is 13.3. The summed E-state index contributed by atoms with van der Waals surface area (Å²) in [5, 5.41) is 1.83. The molecule has 1 rings (SSSR count). The van der Waals surface area contributed by atoms with Gasteiger partial charge in [-0.25, -0.2) is 0 Å². The molecule has 0 aliphatic heterocycles. The molecule has 92 valence electrons. The Balaban J connectivity index is 2.75. The van der Waals surface area contributed by atoms with Gasteiger partial charge >= 0.3 is 0 Å². The van der Waals surface area contributed by atoms with Crippen LogP contribution >= 0.6 is 0 Å². The van der Waals surface area contributed by atoms with Crippen LogP contribution in [-0.2, 0) is 4.79 Å². The van der Waals surface area contributed by atoms with Gasteiger partial charge < -0.3 is 0 Å². The van der Waals surface area contributed by atoms with Crippen molar-refractivity contribution in [3.8, 4) is 0 Å². The SMILES string of the molecule is CCN(NC(=O)C=C(C)C)c1ccc(C)cc1. The van der Waals surface area contributed by atoms with Crippen LogP contribution in [0.4, 0.5) is 5.69 Å². The van der Waals surface area contributed by atoms with Crippen LogP contribution in [-0.4, -0.2) is 12.5 Å². The van der Waals surface area contributed by atoms with E-state index in [4.69, 9.17) is 0 Å². The fourth-order valence-corrected chi connectivity index (χ4v) is 1.48. The first-order valence-corrected chi connectivity index (χ1v) is 5.82. The minimum atomic E-state index is -0.0903. The number of allylic oxidation sites excluding steroid dienone is 1. The number of rotatable bonds is 4. The number of amides is 1. The van der Waals surface area contributed by atoms with Gasteiger partial charge in [-0.05, 0) is 39.8 Å². The van der Waals surface area contributed by atoms with E-state index in [2.05, 4.69) is 5.43 Å². The summed E-state index contributed by atoms with van der Waals surface area (Å²) in [6.45, 7) is 8.58. The molecule has 0 aromatic heterocycles. The number of hydrogen-bond acceptors (Lipinski definition) is 2. The van der Waals surface area contributed by atoms with E-state index in [1.54, 1.807) is 6.08 Å². The molecule has 0 radical (unpaired) electrons. The lowest BCUT2D eigenvalue weighted by Crippen LogP contribution is -2.41. The monoisotopic (exact) mass is 232 g/mol. The largest absolute Gasteiger partial charge is 0.286 e. The van der Waals surface area contributed by atoms with Crippen molar-refractivity contribution >= 4 is 11.6 Å². The van der Waals surface area contributed by atoms with E-state index in [1.165, 1.54) is 5.56 Å². The molecule has 0 saturated heterocycles. The van der Waals surface area contributed by atoms with Gasteiger partial charge in [-0.2, -0.15) is 0 Å². The molecule has 1 amide bonds. The number of hydrazine groups is 1. The van der Waals surface area contributed by atoms with Crippen molar-refractivity contribution in [2.75, 3.05) is 11.6 Å². The summed E-state index contributed by atoms with van der Waals surface area (Å²) >= 11 is 0. The van der Waals surface area contributed by atoms with E-state index >= 15 is 0 Å². The molecule has 0 unspecified atom stereocenters. The number of nitrogens with one attached hydrogen (secondary N) is 1. The van der Waals surface area contributed by atoms with Crippen molar-refractivity contribution in [3.63, 3.8) is 0 Å². The summed E-state index contributed by atoms with van der Waals surface area (Å²) in [6.07, 6.45) is 1.59. The number of carbonyl (C=O) groups excluding carboxylic acids is 1. The Labute approximate surface area is 103 Å². The molecule has 0 fully saturated rings. The molecule has 17 heavy (non-hydrogen) atoms. The highest BCUT2D eigenvalue weighted by molar-refractivity contribution is 5.89. The molecule has 1 aromatic carbocycles.